The van der Waals surface area contributed by atoms with Crippen molar-refractivity contribution in [2.45, 2.75) is 32.7 Å². The molecule has 162 valence electrons. The second-order valence-electron chi connectivity index (χ2n) is 8.25. The van der Waals surface area contributed by atoms with Gasteiger partial charge in [0.15, 0.2) is 0 Å². The summed E-state index contributed by atoms with van der Waals surface area (Å²) >= 11 is 0. The van der Waals surface area contributed by atoms with Crippen molar-refractivity contribution >= 4 is 22.9 Å². The van der Waals surface area contributed by atoms with Crippen LogP contribution in [-0.2, 0) is 4.79 Å². The number of likely N-dealkylation sites (tertiary alicyclic amines) is 1. The summed E-state index contributed by atoms with van der Waals surface area (Å²) in [5, 5.41) is 3.71. The lowest BCUT2D eigenvalue weighted by molar-refractivity contribution is -0.131. The largest absolute Gasteiger partial charge is 0.459 e. The number of aryl methyl sites for hydroxylation is 1. The van der Waals surface area contributed by atoms with E-state index in [1.807, 2.05) is 18.7 Å². The summed E-state index contributed by atoms with van der Waals surface area (Å²) in [5.74, 6) is 0.519. The molecule has 0 bridgehead atoms. The Bertz CT molecular complexity index is 930. The molecule has 1 aromatic carbocycles. The Morgan fingerprint density at radius 3 is 2.50 bits per heavy atom. The molecule has 2 aromatic rings. The normalized spacial score (nSPS) is 18.8. The molecule has 0 saturated carbocycles. The van der Waals surface area contributed by atoms with Crippen LogP contribution in [0.1, 0.15) is 37.1 Å². The molecule has 1 N–H and O–H groups in total. The standard InChI is InChI=1S/C22H29FN4O3/c1-15-18-13-17(23)5-6-19(18)30-21(15)16(2)24-22(29)27-11-9-25(10-12-27)14-20(28)26-7-3-4-8-26/h5-6,13,16H,3-4,7-12,14H2,1-2H3,(H,24,29). The zero-order valence-corrected chi connectivity index (χ0v) is 17.6. The summed E-state index contributed by atoms with van der Waals surface area (Å²) in [6.07, 6.45) is 2.19. The predicted octanol–water partition coefficient (Wildman–Crippen LogP) is 2.89. The lowest BCUT2D eigenvalue weighted by Gasteiger charge is -2.35. The molecule has 8 heteroatoms. The fourth-order valence-electron chi connectivity index (χ4n) is 4.33. The van der Waals surface area contributed by atoms with Crippen molar-refractivity contribution < 1.29 is 18.4 Å². The van der Waals surface area contributed by atoms with Gasteiger partial charge in [0.05, 0.1) is 12.6 Å². The molecule has 2 saturated heterocycles. The average Bonchev–Trinajstić information content (AvgIpc) is 3.37. The Labute approximate surface area is 175 Å². The minimum Gasteiger partial charge on any atom is -0.459 e. The Hall–Kier alpha value is -2.61. The van der Waals surface area contributed by atoms with Crippen molar-refractivity contribution in [2.75, 3.05) is 45.8 Å². The SMILES string of the molecule is Cc1c(C(C)NC(=O)N2CCN(CC(=O)N3CCCC3)CC2)oc2ccc(F)cc12. The van der Waals surface area contributed by atoms with Crippen LogP contribution in [0.4, 0.5) is 9.18 Å². The van der Waals surface area contributed by atoms with Crippen LogP contribution in [0, 0.1) is 12.7 Å². The number of amides is 3. The van der Waals surface area contributed by atoms with Crippen LogP contribution in [-0.4, -0.2) is 72.5 Å². The molecule has 3 heterocycles. The Kier molecular flexibility index (Phi) is 5.94. The van der Waals surface area contributed by atoms with E-state index in [1.165, 1.54) is 12.1 Å². The number of urea groups is 1. The number of furan rings is 1. The maximum atomic E-state index is 13.5. The molecule has 2 fully saturated rings. The van der Waals surface area contributed by atoms with Crippen LogP contribution in [0.2, 0.25) is 0 Å². The van der Waals surface area contributed by atoms with Gasteiger partial charge in [-0.1, -0.05) is 0 Å². The molecule has 30 heavy (non-hydrogen) atoms. The fourth-order valence-corrected chi connectivity index (χ4v) is 4.33. The summed E-state index contributed by atoms with van der Waals surface area (Å²) in [6, 6.07) is 3.95. The van der Waals surface area contributed by atoms with Crippen LogP contribution >= 0.6 is 0 Å². The van der Waals surface area contributed by atoms with Gasteiger partial charge in [0, 0.05) is 50.2 Å². The van der Waals surface area contributed by atoms with Crippen molar-refractivity contribution in [1.29, 1.82) is 0 Å². The molecule has 2 aliphatic rings. The van der Waals surface area contributed by atoms with Crippen molar-refractivity contribution in [2.24, 2.45) is 0 Å². The average molecular weight is 416 g/mol. The van der Waals surface area contributed by atoms with Crippen LogP contribution < -0.4 is 5.32 Å². The number of hydrogen-bond acceptors (Lipinski definition) is 4. The Morgan fingerprint density at radius 1 is 1.10 bits per heavy atom. The summed E-state index contributed by atoms with van der Waals surface area (Å²) in [5.41, 5.74) is 1.45. The van der Waals surface area contributed by atoms with E-state index in [1.54, 1.807) is 11.0 Å². The topological polar surface area (TPSA) is 69.0 Å². The van der Waals surface area contributed by atoms with Crippen LogP contribution in [0.25, 0.3) is 11.0 Å². The van der Waals surface area contributed by atoms with E-state index >= 15 is 0 Å². The highest BCUT2D eigenvalue weighted by molar-refractivity contribution is 5.83. The van der Waals surface area contributed by atoms with Crippen LogP contribution in [0.3, 0.4) is 0 Å². The van der Waals surface area contributed by atoms with Crippen molar-refractivity contribution in [3.05, 3.63) is 35.3 Å². The highest BCUT2D eigenvalue weighted by Gasteiger charge is 2.27. The van der Waals surface area contributed by atoms with E-state index in [9.17, 15) is 14.0 Å². The lowest BCUT2D eigenvalue weighted by atomic mass is 10.1. The maximum Gasteiger partial charge on any atom is 0.318 e. The van der Waals surface area contributed by atoms with E-state index < -0.39 is 0 Å². The van der Waals surface area contributed by atoms with E-state index in [4.69, 9.17) is 4.42 Å². The van der Waals surface area contributed by atoms with E-state index in [-0.39, 0.29) is 23.8 Å². The highest BCUT2D eigenvalue weighted by Crippen LogP contribution is 2.30. The monoisotopic (exact) mass is 416 g/mol. The number of piperazine rings is 1. The molecule has 1 atom stereocenters. The second-order valence-corrected chi connectivity index (χ2v) is 8.25. The second kappa shape index (κ2) is 8.63. The maximum absolute atomic E-state index is 13.5. The molecule has 7 nitrogen and oxygen atoms in total. The summed E-state index contributed by atoms with van der Waals surface area (Å²) in [7, 11) is 0. The number of carbonyl (C=O) groups excluding carboxylic acids is 2. The van der Waals surface area contributed by atoms with E-state index in [0.29, 0.717) is 44.1 Å². The minimum atomic E-state index is -0.331. The van der Waals surface area contributed by atoms with Crippen LogP contribution in [0.5, 0.6) is 0 Å². The molecular formula is C22H29FN4O3. The molecule has 1 aromatic heterocycles. The third-order valence-electron chi connectivity index (χ3n) is 6.15. The fraction of sp³-hybridized carbons (Fsp3) is 0.545. The van der Waals surface area contributed by atoms with Gasteiger partial charge in [0.25, 0.3) is 0 Å². The highest BCUT2D eigenvalue weighted by atomic mass is 19.1. The van der Waals surface area contributed by atoms with Gasteiger partial charge in [-0.2, -0.15) is 0 Å². The number of nitrogens with one attached hydrogen (secondary N) is 1. The zero-order chi connectivity index (χ0) is 21.3. The van der Waals surface area contributed by atoms with Crippen molar-refractivity contribution in [3.8, 4) is 0 Å². The third kappa shape index (κ3) is 4.28. The molecule has 1 unspecified atom stereocenters. The number of hydrogen-bond donors (Lipinski definition) is 1. The number of fused-ring (bicyclic) bond motifs is 1. The molecule has 3 amide bonds. The van der Waals surface area contributed by atoms with Gasteiger partial charge in [-0.3, -0.25) is 9.69 Å². The lowest BCUT2D eigenvalue weighted by Crippen LogP contribution is -2.53. The Morgan fingerprint density at radius 2 is 1.80 bits per heavy atom. The Balaban J connectivity index is 1.30. The van der Waals surface area contributed by atoms with Gasteiger partial charge < -0.3 is 19.5 Å². The molecule has 0 radical (unpaired) electrons. The number of nitrogens with zero attached hydrogens (tertiary/aromatic N) is 3. The van der Waals surface area contributed by atoms with Crippen molar-refractivity contribution in [1.82, 2.24) is 20.0 Å². The number of benzene rings is 1. The molecule has 0 spiro atoms. The van der Waals surface area contributed by atoms with E-state index in [0.717, 1.165) is 36.9 Å². The summed E-state index contributed by atoms with van der Waals surface area (Å²) in [4.78, 5) is 30.9. The predicted molar refractivity (Wildman–Crippen MR) is 112 cm³/mol. The first-order chi connectivity index (χ1) is 14.4. The molecule has 2 aliphatic heterocycles. The first-order valence-electron chi connectivity index (χ1n) is 10.7. The van der Waals surface area contributed by atoms with Gasteiger partial charge in [-0.25, -0.2) is 9.18 Å². The van der Waals surface area contributed by atoms with Gasteiger partial charge in [0.1, 0.15) is 17.2 Å². The molecule has 0 aliphatic carbocycles. The molecule has 4 rings (SSSR count). The van der Waals surface area contributed by atoms with Gasteiger partial charge in [-0.05, 0) is 44.9 Å². The van der Waals surface area contributed by atoms with Gasteiger partial charge >= 0.3 is 6.03 Å². The summed E-state index contributed by atoms with van der Waals surface area (Å²) in [6.45, 7) is 8.44. The van der Waals surface area contributed by atoms with E-state index in [2.05, 4.69) is 10.2 Å². The zero-order valence-electron chi connectivity index (χ0n) is 17.6. The number of rotatable bonds is 4. The third-order valence-corrected chi connectivity index (χ3v) is 6.15. The summed E-state index contributed by atoms with van der Waals surface area (Å²) < 4.78 is 19.4. The quantitative estimate of drug-likeness (QED) is 0.832. The van der Waals surface area contributed by atoms with Gasteiger partial charge in [0.2, 0.25) is 5.91 Å². The smallest absolute Gasteiger partial charge is 0.318 e. The number of carbonyl (C=O) groups is 2. The molecular weight excluding hydrogens is 387 g/mol. The van der Waals surface area contributed by atoms with Gasteiger partial charge in [-0.15, -0.1) is 0 Å². The minimum absolute atomic E-state index is 0.154. The first-order valence-corrected chi connectivity index (χ1v) is 10.7. The van der Waals surface area contributed by atoms with Crippen molar-refractivity contribution in [3.63, 3.8) is 0 Å². The van der Waals surface area contributed by atoms with Crippen LogP contribution in [0.15, 0.2) is 22.6 Å². The first kappa shape index (κ1) is 20.7. The number of halogens is 1.